The molecule has 0 unspecified atom stereocenters. The van der Waals surface area contributed by atoms with E-state index in [1.807, 2.05) is 12.2 Å². The second-order valence-electron chi connectivity index (χ2n) is 18.0. The summed E-state index contributed by atoms with van der Waals surface area (Å²) in [6.07, 6.45) is 20.0. The lowest BCUT2D eigenvalue weighted by Crippen LogP contribution is -2.53. The molecule has 0 aliphatic heterocycles. The molecule has 0 amide bonds. The molecule has 0 spiro atoms. The molecular formula is C40H56N2O2. The Balaban J connectivity index is 1.03. The van der Waals surface area contributed by atoms with E-state index in [0.29, 0.717) is 47.1 Å². The van der Waals surface area contributed by atoms with E-state index < -0.39 is 0 Å². The van der Waals surface area contributed by atoms with Crippen LogP contribution in [-0.2, 0) is 9.59 Å². The minimum Gasteiger partial charge on any atom is -0.295 e. The van der Waals surface area contributed by atoms with E-state index in [1.54, 1.807) is 0 Å². The molecular weight excluding hydrogens is 540 g/mol. The largest absolute Gasteiger partial charge is 0.295 e. The first-order valence-electron chi connectivity index (χ1n) is 18.5. The van der Waals surface area contributed by atoms with E-state index in [2.05, 4.69) is 41.5 Å². The fraction of sp³-hybridized carbons (Fsp3) is 0.800. The Hall–Kier alpha value is -1.84. The van der Waals surface area contributed by atoms with Gasteiger partial charge < -0.3 is 0 Å². The highest BCUT2D eigenvalue weighted by molar-refractivity contribution is 5.96. The van der Waals surface area contributed by atoms with E-state index in [-0.39, 0.29) is 21.7 Å². The second kappa shape index (κ2) is 9.83. The van der Waals surface area contributed by atoms with Crippen LogP contribution in [0.4, 0.5) is 0 Å². The standard InChI is InChI=1S/C40H56N2O2/c1-23-19-27(43)21-25-7-9-29-31-11-13-35(37(31,3)17-15-33(29)39(23,25)5)41-42-36-14-12-32-30-10-8-26-22-28(44)20-24(2)40(26,6)34(30)16-18-38(32,36)4/h21-24,29-34H,7-20H2,1-6H3/b41-35-,42-36-/t23-,24-,29-,30+,31-,32+,33-,34-,37-,38-,39-,40-/m0/s1. The van der Waals surface area contributed by atoms with E-state index in [1.165, 1.54) is 73.9 Å². The summed E-state index contributed by atoms with van der Waals surface area (Å²) in [6, 6.07) is 0. The molecule has 0 N–H and O–H groups in total. The van der Waals surface area contributed by atoms with Crippen LogP contribution in [0.2, 0.25) is 0 Å². The third-order valence-corrected chi connectivity index (χ3v) is 16.8. The van der Waals surface area contributed by atoms with Gasteiger partial charge in [0.2, 0.25) is 0 Å². The van der Waals surface area contributed by atoms with Gasteiger partial charge in [-0.15, -0.1) is 0 Å². The summed E-state index contributed by atoms with van der Waals surface area (Å²) in [5, 5.41) is 10.5. The van der Waals surface area contributed by atoms with Gasteiger partial charge in [-0.1, -0.05) is 52.7 Å². The summed E-state index contributed by atoms with van der Waals surface area (Å²) in [7, 11) is 0. The predicted octanol–water partition coefficient (Wildman–Crippen LogP) is 9.34. The number of nitrogens with zero attached hydrogens (tertiary/aromatic N) is 2. The summed E-state index contributed by atoms with van der Waals surface area (Å²) in [5.74, 6) is 5.95. The molecule has 44 heavy (non-hydrogen) atoms. The fourth-order valence-electron chi connectivity index (χ4n) is 13.9. The van der Waals surface area contributed by atoms with E-state index in [4.69, 9.17) is 10.2 Å². The molecule has 0 aromatic carbocycles. The van der Waals surface area contributed by atoms with Gasteiger partial charge in [-0.3, -0.25) is 9.59 Å². The maximum Gasteiger partial charge on any atom is 0.155 e. The lowest BCUT2D eigenvalue weighted by molar-refractivity contribution is -0.120. The van der Waals surface area contributed by atoms with Crippen LogP contribution < -0.4 is 0 Å². The van der Waals surface area contributed by atoms with Crippen LogP contribution in [0.3, 0.4) is 0 Å². The van der Waals surface area contributed by atoms with Gasteiger partial charge in [-0.2, -0.15) is 10.2 Å². The van der Waals surface area contributed by atoms with Crippen LogP contribution in [-0.4, -0.2) is 23.0 Å². The predicted molar refractivity (Wildman–Crippen MR) is 177 cm³/mol. The van der Waals surface area contributed by atoms with Crippen molar-refractivity contribution in [2.75, 3.05) is 0 Å². The quantitative estimate of drug-likeness (QED) is 0.283. The highest BCUT2D eigenvalue weighted by Crippen LogP contribution is 2.67. The molecule has 8 aliphatic carbocycles. The van der Waals surface area contributed by atoms with Crippen molar-refractivity contribution < 1.29 is 9.59 Å². The Morgan fingerprint density at radius 1 is 0.568 bits per heavy atom. The van der Waals surface area contributed by atoms with Crippen molar-refractivity contribution in [1.82, 2.24) is 0 Å². The van der Waals surface area contributed by atoms with Gasteiger partial charge in [0.15, 0.2) is 11.6 Å². The monoisotopic (exact) mass is 596 g/mol. The zero-order valence-electron chi connectivity index (χ0n) is 28.4. The van der Waals surface area contributed by atoms with Crippen LogP contribution in [0.25, 0.3) is 0 Å². The van der Waals surface area contributed by atoms with Crippen molar-refractivity contribution in [1.29, 1.82) is 0 Å². The number of carbonyl (C=O) groups is 2. The zero-order valence-corrected chi connectivity index (χ0v) is 28.4. The molecule has 4 heteroatoms. The van der Waals surface area contributed by atoms with Crippen molar-refractivity contribution in [3.8, 4) is 0 Å². The molecule has 0 aromatic heterocycles. The Labute approximate surface area is 266 Å². The molecule has 8 aliphatic rings. The first kappa shape index (κ1) is 29.6. The number of allylic oxidation sites excluding steroid dienone is 2. The minimum atomic E-state index is 0.183. The highest BCUT2D eigenvalue weighted by Gasteiger charge is 2.61. The molecule has 238 valence electrons. The number of carbonyl (C=O) groups excluding carboxylic acids is 2. The van der Waals surface area contributed by atoms with E-state index in [0.717, 1.165) is 50.4 Å². The third-order valence-electron chi connectivity index (χ3n) is 16.8. The number of hydrogen-bond donors (Lipinski definition) is 0. The smallest absolute Gasteiger partial charge is 0.155 e. The summed E-state index contributed by atoms with van der Waals surface area (Å²) < 4.78 is 0. The lowest BCUT2D eigenvalue weighted by atomic mass is 9.45. The van der Waals surface area contributed by atoms with Crippen molar-refractivity contribution in [2.24, 2.45) is 79.2 Å². The number of fused-ring (bicyclic) bond motifs is 10. The summed E-state index contributed by atoms with van der Waals surface area (Å²) in [6.45, 7) is 14.8. The summed E-state index contributed by atoms with van der Waals surface area (Å²) >= 11 is 0. The van der Waals surface area contributed by atoms with Crippen molar-refractivity contribution in [3.63, 3.8) is 0 Å². The number of hydrogen-bond acceptors (Lipinski definition) is 4. The maximum absolute atomic E-state index is 12.4. The summed E-state index contributed by atoms with van der Waals surface area (Å²) in [4.78, 5) is 24.9. The Morgan fingerprint density at radius 3 is 1.39 bits per heavy atom. The highest BCUT2D eigenvalue weighted by atomic mass is 16.1. The minimum absolute atomic E-state index is 0.183. The second-order valence-corrected chi connectivity index (χ2v) is 18.0. The van der Waals surface area contributed by atoms with Crippen LogP contribution in [0.1, 0.15) is 131 Å². The Morgan fingerprint density at radius 2 is 0.977 bits per heavy atom. The molecule has 0 bridgehead atoms. The molecule has 12 atom stereocenters. The van der Waals surface area contributed by atoms with Gasteiger partial charge in [-0.25, -0.2) is 0 Å². The van der Waals surface area contributed by atoms with Gasteiger partial charge >= 0.3 is 0 Å². The Bertz CT molecular complexity index is 1310. The molecule has 0 aromatic rings. The van der Waals surface area contributed by atoms with Gasteiger partial charge in [0.1, 0.15) is 0 Å². The van der Waals surface area contributed by atoms with Crippen LogP contribution in [0.5, 0.6) is 0 Å². The van der Waals surface area contributed by atoms with Crippen molar-refractivity contribution >= 4 is 23.0 Å². The van der Waals surface area contributed by atoms with Crippen LogP contribution in [0.15, 0.2) is 33.5 Å². The third kappa shape index (κ3) is 3.81. The molecule has 6 saturated carbocycles. The first-order chi connectivity index (χ1) is 20.9. The number of ketones is 2. The van der Waals surface area contributed by atoms with Gasteiger partial charge in [0.05, 0.1) is 0 Å². The average molecular weight is 597 g/mol. The molecule has 4 nitrogen and oxygen atoms in total. The van der Waals surface area contributed by atoms with E-state index >= 15 is 0 Å². The number of rotatable bonds is 1. The molecule has 0 saturated heterocycles. The van der Waals surface area contributed by atoms with Crippen LogP contribution >= 0.6 is 0 Å². The lowest BCUT2D eigenvalue weighted by Gasteiger charge is -2.59. The topological polar surface area (TPSA) is 58.9 Å². The van der Waals surface area contributed by atoms with Gasteiger partial charge in [0.25, 0.3) is 0 Å². The first-order valence-corrected chi connectivity index (χ1v) is 18.5. The van der Waals surface area contributed by atoms with Crippen molar-refractivity contribution in [2.45, 2.75) is 131 Å². The maximum atomic E-state index is 12.4. The van der Waals surface area contributed by atoms with Gasteiger partial charge in [0, 0.05) is 35.1 Å². The Kier molecular flexibility index (Phi) is 6.61. The van der Waals surface area contributed by atoms with Crippen molar-refractivity contribution in [3.05, 3.63) is 23.3 Å². The summed E-state index contributed by atoms with van der Waals surface area (Å²) in [5.41, 5.74) is 6.49. The zero-order chi connectivity index (χ0) is 30.8. The molecule has 6 fully saturated rings. The molecule has 0 radical (unpaired) electrons. The molecule has 0 heterocycles. The van der Waals surface area contributed by atoms with E-state index in [9.17, 15) is 9.59 Å². The average Bonchev–Trinajstić information content (AvgIpc) is 3.49. The fourth-order valence-corrected chi connectivity index (χ4v) is 13.9. The van der Waals surface area contributed by atoms with Gasteiger partial charge in [-0.05, 0) is 147 Å². The normalized spacial score (nSPS) is 53.2. The SMILES string of the molecule is C[C@H]1CC(=O)C=C2CC[C@@H]3[C@H]4CC/C(=N/N=C5/CC[C@H]6[C@@H]7CCC8=CC(=O)C[C@H](C)[C@]8(C)[C@H]7CC[C@]56C)[C@@]4(C)CC[C@@H]3[C@]21C. The van der Waals surface area contributed by atoms with Crippen LogP contribution in [0, 0.1) is 69.0 Å². The molecule has 8 rings (SSSR count).